The Balaban J connectivity index is 2.47. The smallest absolute Gasteiger partial charge is 0.196 e. The molecule has 2 rings (SSSR count). The van der Waals surface area contributed by atoms with E-state index in [0.29, 0.717) is 26.5 Å². The van der Waals surface area contributed by atoms with Gasteiger partial charge < -0.3 is 0 Å². The van der Waals surface area contributed by atoms with Crippen molar-refractivity contribution in [2.45, 2.75) is 5.33 Å². The summed E-state index contributed by atoms with van der Waals surface area (Å²) in [5.74, 6) is -0.160. The molecule has 0 atom stereocenters. The summed E-state index contributed by atoms with van der Waals surface area (Å²) in [4.78, 5) is 12.4. The van der Waals surface area contributed by atoms with Crippen molar-refractivity contribution in [1.82, 2.24) is 0 Å². The molecule has 0 fully saturated rings. The number of hydrogen-bond donors (Lipinski definition) is 0. The van der Waals surface area contributed by atoms with E-state index in [9.17, 15) is 4.79 Å². The molecule has 1 nitrogen and oxygen atoms in total. The highest BCUT2D eigenvalue weighted by Crippen LogP contribution is 2.29. The van der Waals surface area contributed by atoms with Crippen LogP contribution < -0.4 is 0 Å². The summed E-state index contributed by atoms with van der Waals surface area (Å²) in [7, 11) is 0. The third-order valence-electron chi connectivity index (χ3n) is 2.59. The van der Waals surface area contributed by atoms with Crippen LogP contribution in [0.2, 0.25) is 10.0 Å². The van der Waals surface area contributed by atoms with Crippen molar-refractivity contribution >= 4 is 67.5 Å². The fraction of sp³-hybridized carbons (Fsp3) is 0.0714. The topological polar surface area (TPSA) is 17.1 Å². The van der Waals surface area contributed by atoms with E-state index in [1.807, 2.05) is 12.1 Å². The second-order valence-corrected chi connectivity index (χ2v) is 6.52. The van der Waals surface area contributed by atoms with Crippen LogP contribution in [0, 0.1) is 3.57 Å². The fourth-order valence-electron chi connectivity index (χ4n) is 1.67. The molecule has 0 unspecified atom stereocenters. The molecule has 0 radical (unpaired) electrons. The summed E-state index contributed by atoms with van der Waals surface area (Å²) < 4.78 is 1.07. The summed E-state index contributed by atoms with van der Waals surface area (Å²) in [6, 6.07) is 10.8. The van der Waals surface area contributed by atoms with Crippen molar-refractivity contribution in [3.05, 3.63) is 66.7 Å². The van der Waals surface area contributed by atoms with Gasteiger partial charge in [-0.3, -0.25) is 4.79 Å². The summed E-state index contributed by atoms with van der Waals surface area (Å²) in [6.07, 6.45) is 0. The Morgan fingerprint density at radius 2 is 1.63 bits per heavy atom. The standard InChI is InChI=1S/C14H8BrCl2IO/c15-7-8-5-11(16)13(12(17)6-8)14(19)9-1-3-10(18)4-2-9/h1-6H,7H2. The largest absolute Gasteiger partial charge is 0.288 e. The second kappa shape index (κ2) is 6.57. The number of hydrogen-bond acceptors (Lipinski definition) is 1. The Kier molecular flexibility index (Phi) is 5.29. The zero-order valence-electron chi connectivity index (χ0n) is 9.59. The summed E-state index contributed by atoms with van der Waals surface area (Å²) in [5, 5.41) is 1.40. The van der Waals surface area contributed by atoms with Gasteiger partial charge in [0.05, 0.1) is 15.6 Å². The third-order valence-corrected chi connectivity index (χ3v) is 4.55. The van der Waals surface area contributed by atoms with Crippen molar-refractivity contribution < 1.29 is 4.79 Å². The lowest BCUT2D eigenvalue weighted by atomic mass is 10.0. The number of ketones is 1. The predicted molar refractivity (Wildman–Crippen MR) is 91.7 cm³/mol. The number of carbonyl (C=O) groups is 1. The van der Waals surface area contributed by atoms with E-state index in [2.05, 4.69) is 38.5 Å². The molecule has 0 N–H and O–H groups in total. The van der Waals surface area contributed by atoms with E-state index in [1.165, 1.54) is 0 Å². The van der Waals surface area contributed by atoms with Gasteiger partial charge in [-0.05, 0) is 64.6 Å². The normalized spacial score (nSPS) is 10.5. The lowest BCUT2D eigenvalue weighted by Gasteiger charge is -2.08. The van der Waals surface area contributed by atoms with E-state index >= 15 is 0 Å². The zero-order valence-corrected chi connectivity index (χ0v) is 14.8. The number of benzene rings is 2. The number of carbonyl (C=O) groups excluding carboxylic acids is 1. The molecule has 0 aliphatic carbocycles. The molecule has 98 valence electrons. The number of halogens is 4. The van der Waals surface area contributed by atoms with Crippen molar-refractivity contribution in [1.29, 1.82) is 0 Å². The Labute approximate surface area is 143 Å². The van der Waals surface area contributed by atoms with Crippen LogP contribution in [-0.2, 0) is 5.33 Å². The summed E-state index contributed by atoms with van der Waals surface area (Å²) in [6.45, 7) is 0. The highest BCUT2D eigenvalue weighted by Gasteiger charge is 2.17. The molecule has 5 heteroatoms. The minimum Gasteiger partial charge on any atom is -0.288 e. The average molecular weight is 470 g/mol. The second-order valence-electron chi connectivity index (χ2n) is 3.90. The Hall–Kier alpha value is -0.100. The van der Waals surface area contributed by atoms with Crippen molar-refractivity contribution in [3.8, 4) is 0 Å². The van der Waals surface area contributed by atoms with Crippen LogP contribution in [0.1, 0.15) is 21.5 Å². The molecule has 0 aliphatic heterocycles. The first-order chi connectivity index (χ1) is 9.02. The van der Waals surface area contributed by atoms with E-state index in [4.69, 9.17) is 23.2 Å². The maximum atomic E-state index is 12.4. The number of alkyl halides is 1. The van der Waals surface area contributed by atoms with Gasteiger partial charge in [0.15, 0.2) is 5.78 Å². The fourth-order valence-corrected chi connectivity index (χ4v) is 3.05. The molecule has 0 spiro atoms. The maximum Gasteiger partial charge on any atom is 0.196 e. The van der Waals surface area contributed by atoms with Gasteiger partial charge in [0.2, 0.25) is 0 Å². The van der Waals surface area contributed by atoms with Gasteiger partial charge in [-0.2, -0.15) is 0 Å². The molecule has 2 aromatic rings. The van der Waals surface area contributed by atoms with Gasteiger partial charge in [0.1, 0.15) is 0 Å². The monoisotopic (exact) mass is 468 g/mol. The SMILES string of the molecule is O=C(c1ccc(I)cc1)c1c(Cl)cc(CBr)cc1Cl. The first-order valence-corrected chi connectivity index (χ1v) is 8.32. The van der Waals surface area contributed by atoms with E-state index in [0.717, 1.165) is 9.13 Å². The Morgan fingerprint density at radius 3 is 2.11 bits per heavy atom. The molecule has 0 heterocycles. The number of rotatable bonds is 3. The molecule has 0 saturated carbocycles. The van der Waals surface area contributed by atoms with Gasteiger partial charge in [0.25, 0.3) is 0 Å². The van der Waals surface area contributed by atoms with Crippen molar-refractivity contribution in [3.63, 3.8) is 0 Å². The van der Waals surface area contributed by atoms with Crippen LogP contribution >= 0.6 is 61.7 Å². The van der Waals surface area contributed by atoms with E-state index < -0.39 is 0 Å². The molecule has 0 bridgehead atoms. The molecule has 0 saturated heterocycles. The minimum absolute atomic E-state index is 0.160. The third kappa shape index (κ3) is 3.51. The Bertz CT molecular complexity index is 603. The van der Waals surface area contributed by atoms with E-state index in [-0.39, 0.29) is 5.78 Å². The molecular weight excluding hydrogens is 462 g/mol. The highest BCUT2D eigenvalue weighted by atomic mass is 127. The molecule has 2 aromatic carbocycles. The quantitative estimate of drug-likeness (QED) is 0.319. The predicted octanol–water partition coefficient (Wildman–Crippen LogP) is 5.72. The Morgan fingerprint density at radius 1 is 1.11 bits per heavy atom. The lowest BCUT2D eigenvalue weighted by molar-refractivity contribution is 0.103. The summed E-state index contributed by atoms with van der Waals surface area (Å²) in [5.41, 5.74) is 1.87. The van der Waals surface area contributed by atoms with Crippen LogP contribution in [0.5, 0.6) is 0 Å². The van der Waals surface area contributed by atoms with Crippen molar-refractivity contribution in [2.24, 2.45) is 0 Å². The van der Waals surface area contributed by atoms with Crippen molar-refractivity contribution in [2.75, 3.05) is 0 Å². The van der Waals surface area contributed by atoms with Crippen LogP contribution in [0.3, 0.4) is 0 Å². The van der Waals surface area contributed by atoms with Gasteiger partial charge >= 0.3 is 0 Å². The van der Waals surface area contributed by atoms with Gasteiger partial charge in [0, 0.05) is 14.5 Å². The highest BCUT2D eigenvalue weighted by molar-refractivity contribution is 14.1. The van der Waals surface area contributed by atoms with Gasteiger partial charge in [-0.1, -0.05) is 39.1 Å². The van der Waals surface area contributed by atoms with Crippen LogP contribution in [0.25, 0.3) is 0 Å². The molecular formula is C14H8BrCl2IO. The van der Waals surface area contributed by atoms with Gasteiger partial charge in [-0.15, -0.1) is 0 Å². The average Bonchev–Trinajstić information content (AvgIpc) is 2.38. The molecule has 0 aromatic heterocycles. The van der Waals surface area contributed by atoms with Crippen LogP contribution in [0.15, 0.2) is 36.4 Å². The first kappa shape index (κ1) is 15.3. The summed E-state index contributed by atoms with van der Waals surface area (Å²) >= 11 is 17.8. The lowest BCUT2D eigenvalue weighted by Crippen LogP contribution is -2.04. The molecule has 0 amide bonds. The van der Waals surface area contributed by atoms with Crippen LogP contribution in [-0.4, -0.2) is 5.78 Å². The van der Waals surface area contributed by atoms with Gasteiger partial charge in [-0.25, -0.2) is 0 Å². The van der Waals surface area contributed by atoms with E-state index in [1.54, 1.807) is 24.3 Å². The maximum absolute atomic E-state index is 12.4. The first-order valence-electron chi connectivity index (χ1n) is 5.37. The molecule has 0 aliphatic rings. The van der Waals surface area contributed by atoms with Crippen LogP contribution in [0.4, 0.5) is 0 Å². The minimum atomic E-state index is -0.160. The zero-order chi connectivity index (χ0) is 14.0. The molecule has 19 heavy (non-hydrogen) atoms.